The van der Waals surface area contributed by atoms with Crippen molar-refractivity contribution in [3.8, 4) is 0 Å². The Hall–Kier alpha value is -0.810. The minimum Gasteiger partial charge on any atom is -0.336 e. The largest absolute Gasteiger partial charge is 0.336 e. The minimum absolute atomic E-state index is 0. The van der Waals surface area contributed by atoms with Crippen LogP contribution in [0.3, 0.4) is 0 Å². The summed E-state index contributed by atoms with van der Waals surface area (Å²) in [6, 6.07) is 7.76. The fourth-order valence-electron chi connectivity index (χ4n) is 3.32. The molecule has 0 bridgehead atoms. The van der Waals surface area contributed by atoms with Crippen molar-refractivity contribution >= 4 is 29.9 Å². The first-order chi connectivity index (χ1) is 10.7. The minimum atomic E-state index is 0. The van der Waals surface area contributed by atoms with Crippen molar-refractivity contribution in [2.75, 3.05) is 39.3 Å². The van der Waals surface area contributed by atoms with Gasteiger partial charge in [-0.3, -0.25) is 9.69 Å². The van der Waals surface area contributed by atoms with Gasteiger partial charge < -0.3 is 10.2 Å². The van der Waals surface area contributed by atoms with Crippen LogP contribution in [0, 0.1) is 5.92 Å². The van der Waals surface area contributed by atoms with Crippen LogP contribution in [0.4, 0.5) is 0 Å². The number of hydrogen-bond acceptors (Lipinski definition) is 3. The van der Waals surface area contributed by atoms with Gasteiger partial charge in [-0.05, 0) is 49.5 Å². The first-order valence-corrected chi connectivity index (χ1v) is 8.54. The topological polar surface area (TPSA) is 35.6 Å². The Kier molecular flexibility index (Phi) is 7.15. The van der Waals surface area contributed by atoms with Crippen LogP contribution in [0.25, 0.3) is 0 Å². The average Bonchev–Trinajstić information content (AvgIpc) is 2.53. The molecule has 0 atom stereocenters. The summed E-state index contributed by atoms with van der Waals surface area (Å²) in [5.74, 6) is 0.993. The predicted molar refractivity (Wildman–Crippen MR) is 96.2 cm³/mol. The van der Waals surface area contributed by atoms with E-state index in [1.165, 1.54) is 12.8 Å². The van der Waals surface area contributed by atoms with E-state index in [9.17, 15) is 4.79 Å². The molecule has 0 saturated carbocycles. The lowest BCUT2D eigenvalue weighted by molar-refractivity contribution is -0.137. The van der Waals surface area contributed by atoms with Crippen molar-refractivity contribution in [1.82, 2.24) is 15.1 Å². The Morgan fingerprint density at radius 2 is 1.83 bits per heavy atom. The highest BCUT2D eigenvalue weighted by Gasteiger charge is 2.26. The van der Waals surface area contributed by atoms with Gasteiger partial charge in [-0.2, -0.15) is 0 Å². The van der Waals surface area contributed by atoms with Crippen molar-refractivity contribution in [1.29, 1.82) is 0 Å². The molecule has 0 spiro atoms. The summed E-state index contributed by atoms with van der Waals surface area (Å²) < 4.78 is 0. The summed E-state index contributed by atoms with van der Waals surface area (Å²) in [7, 11) is 0. The number of piperazine rings is 1. The molecule has 1 N–H and O–H groups in total. The number of halogens is 2. The van der Waals surface area contributed by atoms with Gasteiger partial charge in [-0.1, -0.05) is 23.7 Å². The molecule has 1 aromatic carbocycles. The maximum Gasteiger partial charge on any atom is 0.237 e. The highest BCUT2D eigenvalue weighted by Crippen LogP contribution is 2.17. The SMILES string of the molecule is Cl.O=C1CN(CC2CCNCC2)CCN1Cc1ccc(Cl)cc1. The van der Waals surface area contributed by atoms with E-state index in [1.54, 1.807) is 0 Å². The van der Waals surface area contributed by atoms with Gasteiger partial charge in [0, 0.05) is 31.2 Å². The molecule has 0 aromatic heterocycles. The highest BCUT2D eigenvalue weighted by atomic mass is 35.5. The van der Waals surface area contributed by atoms with Crippen LogP contribution in [0.15, 0.2) is 24.3 Å². The molecule has 0 aliphatic carbocycles. The molecular formula is C17H25Cl2N3O. The first kappa shape index (κ1) is 18.5. The summed E-state index contributed by atoms with van der Waals surface area (Å²) in [5, 5.41) is 4.13. The van der Waals surface area contributed by atoms with Crippen LogP contribution in [0.5, 0.6) is 0 Å². The quantitative estimate of drug-likeness (QED) is 0.898. The second-order valence-corrected chi connectivity index (χ2v) is 6.81. The molecule has 2 saturated heterocycles. The zero-order valence-corrected chi connectivity index (χ0v) is 14.9. The molecule has 1 aromatic rings. The number of piperidine rings is 1. The predicted octanol–water partition coefficient (Wildman–Crippen LogP) is 2.41. The third-order valence-corrected chi connectivity index (χ3v) is 4.91. The summed E-state index contributed by atoms with van der Waals surface area (Å²) in [5.41, 5.74) is 1.14. The van der Waals surface area contributed by atoms with Crippen LogP contribution in [0.2, 0.25) is 5.02 Å². The van der Waals surface area contributed by atoms with Gasteiger partial charge in [0.15, 0.2) is 0 Å². The Balaban J connectivity index is 0.00000192. The number of nitrogens with zero attached hydrogens (tertiary/aromatic N) is 2. The second-order valence-electron chi connectivity index (χ2n) is 6.37. The molecule has 6 heteroatoms. The molecule has 2 heterocycles. The van der Waals surface area contributed by atoms with Crippen molar-refractivity contribution in [3.63, 3.8) is 0 Å². The first-order valence-electron chi connectivity index (χ1n) is 8.16. The monoisotopic (exact) mass is 357 g/mol. The third-order valence-electron chi connectivity index (χ3n) is 4.66. The van der Waals surface area contributed by atoms with Gasteiger partial charge in [-0.25, -0.2) is 0 Å². The molecule has 0 radical (unpaired) electrons. The molecular weight excluding hydrogens is 333 g/mol. The van der Waals surface area contributed by atoms with Gasteiger partial charge in [0.1, 0.15) is 0 Å². The lowest BCUT2D eigenvalue weighted by Gasteiger charge is -2.37. The van der Waals surface area contributed by atoms with Crippen LogP contribution < -0.4 is 5.32 Å². The lowest BCUT2D eigenvalue weighted by atomic mass is 9.97. The molecule has 128 valence electrons. The normalized spacial score (nSPS) is 20.4. The smallest absolute Gasteiger partial charge is 0.237 e. The Morgan fingerprint density at radius 3 is 2.48 bits per heavy atom. The van der Waals surface area contributed by atoms with Crippen LogP contribution in [-0.4, -0.2) is 55.0 Å². The fourth-order valence-corrected chi connectivity index (χ4v) is 3.45. The fraction of sp³-hybridized carbons (Fsp3) is 0.588. The van der Waals surface area contributed by atoms with Crippen molar-refractivity contribution in [2.45, 2.75) is 19.4 Å². The van der Waals surface area contributed by atoms with E-state index >= 15 is 0 Å². The van der Waals surface area contributed by atoms with Crippen LogP contribution >= 0.6 is 24.0 Å². The number of carbonyl (C=O) groups excluding carboxylic acids is 1. The number of amides is 1. The molecule has 2 aliphatic rings. The summed E-state index contributed by atoms with van der Waals surface area (Å²) in [6.45, 7) is 6.39. The second kappa shape index (κ2) is 8.88. The highest BCUT2D eigenvalue weighted by molar-refractivity contribution is 6.30. The summed E-state index contributed by atoms with van der Waals surface area (Å²) in [4.78, 5) is 16.7. The summed E-state index contributed by atoms with van der Waals surface area (Å²) in [6.07, 6.45) is 2.47. The third kappa shape index (κ3) is 5.35. The van der Waals surface area contributed by atoms with Crippen molar-refractivity contribution < 1.29 is 4.79 Å². The van der Waals surface area contributed by atoms with Gasteiger partial charge in [-0.15, -0.1) is 12.4 Å². The Morgan fingerprint density at radius 1 is 1.13 bits per heavy atom. The van der Waals surface area contributed by atoms with E-state index in [4.69, 9.17) is 11.6 Å². The van der Waals surface area contributed by atoms with Gasteiger partial charge in [0.2, 0.25) is 5.91 Å². The molecule has 4 nitrogen and oxygen atoms in total. The summed E-state index contributed by atoms with van der Waals surface area (Å²) >= 11 is 5.90. The Bertz CT molecular complexity index is 503. The molecule has 3 rings (SSSR count). The lowest BCUT2D eigenvalue weighted by Crippen LogP contribution is -2.51. The molecule has 0 unspecified atom stereocenters. The number of benzene rings is 1. The van der Waals surface area contributed by atoms with Crippen LogP contribution in [0.1, 0.15) is 18.4 Å². The maximum atomic E-state index is 12.4. The molecule has 2 aliphatic heterocycles. The van der Waals surface area contributed by atoms with E-state index in [2.05, 4.69) is 10.2 Å². The zero-order valence-electron chi connectivity index (χ0n) is 13.3. The molecule has 2 fully saturated rings. The van der Waals surface area contributed by atoms with Crippen LogP contribution in [-0.2, 0) is 11.3 Å². The zero-order chi connectivity index (χ0) is 15.4. The molecule has 1 amide bonds. The van der Waals surface area contributed by atoms with E-state index < -0.39 is 0 Å². The van der Waals surface area contributed by atoms with Gasteiger partial charge >= 0.3 is 0 Å². The van der Waals surface area contributed by atoms with Crippen molar-refractivity contribution in [2.24, 2.45) is 5.92 Å². The number of hydrogen-bond donors (Lipinski definition) is 1. The average molecular weight is 358 g/mol. The van der Waals surface area contributed by atoms with E-state index in [-0.39, 0.29) is 18.3 Å². The standard InChI is InChI=1S/C17H24ClN3O.ClH/c18-16-3-1-14(2-4-16)12-21-10-9-20(13-17(21)22)11-15-5-7-19-8-6-15;/h1-4,15,19H,5-13H2;1H. The van der Waals surface area contributed by atoms with Gasteiger partial charge in [0.05, 0.1) is 6.54 Å². The number of nitrogens with one attached hydrogen (secondary N) is 1. The van der Waals surface area contributed by atoms with Crippen molar-refractivity contribution in [3.05, 3.63) is 34.9 Å². The van der Waals surface area contributed by atoms with E-state index in [1.807, 2.05) is 29.2 Å². The van der Waals surface area contributed by atoms with E-state index in [0.717, 1.165) is 49.2 Å². The number of carbonyl (C=O) groups is 1. The molecule has 23 heavy (non-hydrogen) atoms. The Labute approximate surface area is 149 Å². The van der Waals surface area contributed by atoms with E-state index in [0.29, 0.717) is 13.1 Å². The maximum absolute atomic E-state index is 12.4. The van der Waals surface area contributed by atoms with Gasteiger partial charge in [0.25, 0.3) is 0 Å². The number of rotatable bonds is 4.